The van der Waals surface area contributed by atoms with E-state index >= 15 is 0 Å². The molecule has 0 spiro atoms. The second kappa shape index (κ2) is 11.4. The van der Waals surface area contributed by atoms with Crippen LogP contribution in [0.15, 0.2) is 48.6 Å². The van der Waals surface area contributed by atoms with Crippen LogP contribution < -0.4 is 14.2 Å². The molecular weight excluding hydrogens is 594 g/mol. The molecule has 2 aliphatic heterocycles. The predicted molar refractivity (Wildman–Crippen MR) is 142 cm³/mol. The van der Waals surface area contributed by atoms with Crippen LogP contribution in [0.1, 0.15) is 36.7 Å². The average Bonchev–Trinajstić information content (AvgIpc) is 3.32. The molecule has 3 atom stereocenters. The molecule has 3 aromatic rings. The number of carbonyl (C=O) groups is 1. The number of phosphoric ester groups is 1. The first kappa shape index (κ1) is 30.8. The molecule has 230 valence electrons. The van der Waals surface area contributed by atoms with Crippen molar-refractivity contribution in [2.75, 3.05) is 20.3 Å². The topological polar surface area (TPSA) is 126 Å². The maximum Gasteiger partial charge on any atom is 0.290 e. The Hall–Kier alpha value is -3.68. The number of nitrogens with zero attached hydrogens (tertiary/aromatic N) is 3. The third kappa shape index (κ3) is 6.20. The predicted octanol–water partition coefficient (Wildman–Crippen LogP) is 3.05. The fraction of sp³-hybridized carbons (Fsp3) is 0.357. The van der Waals surface area contributed by atoms with E-state index in [2.05, 4.69) is 4.52 Å². The minimum absolute atomic E-state index is 0.0242. The van der Waals surface area contributed by atoms with Crippen molar-refractivity contribution in [2.24, 2.45) is 0 Å². The van der Waals surface area contributed by atoms with E-state index < -0.39 is 55.6 Å². The fourth-order valence-electron chi connectivity index (χ4n) is 5.23. The van der Waals surface area contributed by atoms with Crippen LogP contribution in [0, 0.1) is 24.4 Å². The van der Waals surface area contributed by atoms with Crippen LogP contribution in [0.2, 0.25) is 0 Å². The number of hydrogen-bond acceptors (Lipinski definition) is 7. The molecule has 3 heterocycles. The van der Waals surface area contributed by atoms with Crippen molar-refractivity contribution < 1.29 is 55.6 Å². The lowest BCUT2D eigenvalue weighted by molar-refractivity contribution is -0.731. The van der Waals surface area contributed by atoms with Gasteiger partial charge in [-0.3, -0.25) is 13.9 Å². The van der Waals surface area contributed by atoms with Gasteiger partial charge in [-0.05, 0) is 55.3 Å². The summed E-state index contributed by atoms with van der Waals surface area (Å²) >= 11 is 0. The van der Waals surface area contributed by atoms with E-state index in [1.54, 1.807) is 56.1 Å². The van der Waals surface area contributed by atoms with Gasteiger partial charge in [-0.15, -0.1) is 0 Å². The molecule has 0 aliphatic carbocycles. The first-order chi connectivity index (χ1) is 20.2. The molecule has 11 nitrogen and oxygen atoms in total. The van der Waals surface area contributed by atoms with Crippen molar-refractivity contribution in [2.45, 2.75) is 45.2 Å². The first-order valence-electron chi connectivity index (χ1n) is 13.1. The highest BCUT2D eigenvalue weighted by Crippen LogP contribution is 2.41. The molecular formula is C28H29F3N3O8P. The van der Waals surface area contributed by atoms with Gasteiger partial charge in [0.25, 0.3) is 20.1 Å². The molecule has 43 heavy (non-hydrogen) atoms. The summed E-state index contributed by atoms with van der Waals surface area (Å²) in [5, 5.41) is 0. The van der Waals surface area contributed by atoms with Gasteiger partial charge in [-0.1, -0.05) is 6.07 Å². The Labute approximate surface area is 244 Å². The second-order valence-electron chi connectivity index (χ2n) is 10.7. The Balaban J connectivity index is 1.47. The van der Waals surface area contributed by atoms with Crippen LogP contribution in [0.3, 0.4) is 0 Å². The van der Waals surface area contributed by atoms with Crippen LogP contribution in [0.25, 0.3) is 11.8 Å². The Morgan fingerprint density at radius 3 is 2.56 bits per heavy atom. The molecule has 0 radical (unpaired) electrons. The van der Waals surface area contributed by atoms with Crippen LogP contribution >= 0.6 is 7.82 Å². The number of methoxy groups -OCH3 is 1. The Morgan fingerprint density at radius 2 is 1.91 bits per heavy atom. The van der Waals surface area contributed by atoms with Gasteiger partial charge in [0, 0.05) is 6.92 Å². The van der Waals surface area contributed by atoms with Crippen molar-refractivity contribution in [1.29, 1.82) is 0 Å². The monoisotopic (exact) mass is 623 g/mol. The van der Waals surface area contributed by atoms with Crippen molar-refractivity contribution in [3.05, 3.63) is 82.9 Å². The van der Waals surface area contributed by atoms with E-state index in [-0.39, 0.29) is 24.5 Å². The van der Waals surface area contributed by atoms with Gasteiger partial charge in [0.2, 0.25) is 0 Å². The van der Waals surface area contributed by atoms with Crippen molar-refractivity contribution in [1.82, 2.24) is 9.47 Å². The van der Waals surface area contributed by atoms with E-state index in [1.807, 2.05) is 0 Å². The molecule has 2 saturated heterocycles. The van der Waals surface area contributed by atoms with Crippen LogP contribution in [-0.4, -0.2) is 52.2 Å². The van der Waals surface area contributed by atoms with Gasteiger partial charge in [-0.2, -0.15) is 4.57 Å². The molecule has 1 unspecified atom stereocenters. The third-order valence-electron chi connectivity index (χ3n) is 7.42. The average molecular weight is 624 g/mol. The quantitative estimate of drug-likeness (QED) is 0.184. The lowest BCUT2D eigenvalue weighted by Gasteiger charge is -2.52. The number of halogens is 3. The molecule has 0 saturated carbocycles. The zero-order valence-corrected chi connectivity index (χ0v) is 24.5. The standard InChI is InChI=1S/C28H29F3N3O8P/c1-16-11-32(14-33(16)15-41-43(36,37)38)21-6-5-17(7-23(21)39-4)8-24-27(35)34-22(12-40-13-25(34)28(2,3)42-24)18-9-19(29)26(31)20(30)10-18/h5-11,14,22,25H,12-13,15H2,1-4H3,(H-,36,37,38)/t22-,25+/m0/s1. The Bertz CT molecular complexity index is 1630. The normalized spacial score (nSPS) is 22.2. The smallest absolute Gasteiger partial charge is 0.290 e. The maximum absolute atomic E-state index is 14.1. The van der Waals surface area contributed by atoms with Crippen LogP contribution in [0.4, 0.5) is 13.2 Å². The summed E-state index contributed by atoms with van der Waals surface area (Å²) < 4.78 is 77.9. The number of amides is 1. The number of fused-ring (bicyclic) bond motifs is 1. The number of hydrogen-bond donors (Lipinski definition) is 1. The number of aromatic nitrogens is 2. The van der Waals surface area contributed by atoms with E-state index in [9.17, 15) is 27.4 Å². The zero-order valence-electron chi connectivity index (χ0n) is 23.6. The van der Waals surface area contributed by atoms with Crippen LogP contribution in [-0.2, 0) is 30.1 Å². The first-order valence-corrected chi connectivity index (χ1v) is 14.6. The number of carbonyl (C=O) groups excluding carboxylic acids is 1. The van der Waals surface area contributed by atoms with Gasteiger partial charge in [0.05, 0.1) is 32.4 Å². The Kier molecular flexibility index (Phi) is 8.18. The van der Waals surface area contributed by atoms with Gasteiger partial charge in [-0.25, -0.2) is 17.7 Å². The summed E-state index contributed by atoms with van der Waals surface area (Å²) in [5.41, 5.74) is 0.834. The van der Waals surface area contributed by atoms with E-state index in [0.29, 0.717) is 22.7 Å². The molecule has 1 amide bonds. The van der Waals surface area contributed by atoms with Gasteiger partial charge in [0.15, 0.2) is 41.4 Å². The highest BCUT2D eigenvalue weighted by atomic mass is 31.2. The maximum atomic E-state index is 14.1. The van der Waals surface area contributed by atoms with E-state index in [4.69, 9.17) is 19.1 Å². The molecule has 1 aromatic heterocycles. The van der Waals surface area contributed by atoms with Gasteiger partial charge >= 0.3 is 0 Å². The van der Waals surface area contributed by atoms with Crippen molar-refractivity contribution in [3.8, 4) is 11.4 Å². The van der Waals surface area contributed by atoms with Gasteiger partial charge in [0.1, 0.15) is 17.5 Å². The van der Waals surface area contributed by atoms with Crippen molar-refractivity contribution >= 4 is 19.8 Å². The molecule has 0 bridgehead atoms. The molecule has 1 N–H and O–H groups in total. The molecule has 15 heteroatoms. The summed E-state index contributed by atoms with van der Waals surface area (Å²) in [6.07, 6.45) is 4.77. The number of morpholine rings is 2. The molecule has 2 aliphatic rings. The highest BCUT2D eigenvalue weighted by molar-refractivity contribution is 7.44. The molecule has 5 rings (SSSR count). The lowest BCUT2D eigenvalue weighted by Crippen LogP contribution is -2.64. The molecule has 2 aromatic carbocycles. The third-order valence-corrected chi connectivity index (χ3v) is 7.86. The SMILES string of the molecule is COc1cc(C=C2OC(C)(C)[C@H]3COC[C@@H](c4cc(F)c(F)c(F)c4)N3C2=O)ccc1-n1cc(C)[n+](COP(=O)([O-])O)c1. The fourth-order valence-corrected chi connectivity index (χ4v) is 5.50. The minimum atomic E-state index is -4.91. The van der Waals surface area contributed by atoms with E-state index in [1.165, 1.54) is 22.7 Å². The van der Waals surface area contributed by atoms with E-state index in [0.717, 1.165) is 12.1 Å². The number of ether oxygens (including phenoxy) is 3. The number of aryl methyl sites for hydroxylation is 1. The summed E-state index contributed by atoms with van der Waals surface area (Å²) in [6.45, 7) is 4.89. The number of phosphoric acid groups is 1. The van der Waals surface area contributed by atoms with Crippen molar-refractivity contribution in [3.63, 3.8) is 0 Å². The summed E-state index contributed by atoms with van der Waals surface area (Å²) in [7, 11) is -3.46. The lowest BCUT2D eigenvalue weighted by atomic mass is 9.90. The second-order valence-corrected chi connectivity index (χ2v) is 11.9. The number of imidazole rings is 1. The highest BCUT2D eigenvalue weighted by Gasteiger charge is 2.51. The van der Waals surface area contributed by atoms with Gasteiger partial charge < -0.3 is 28.9 Å². The minimum Gasteiger partial charge on any atom is -0.756 e. The van der Waals surface area contributed by atoms with Crippen LogP contribution in [0.5, 0.6) is 5.75 Å². The number of rotatable bonds is 7. The summed E-state index contributed by atoms with van der Waals surface area (Å²) in [6, 6.07) is 5.31. The Morgan fingerprint density at radius 1 is 1.21 bits per heavy atom. The molecule has 2 fully saturated rings. The zero-order chi connectivity index (χ0) is 31.3. The summed E-state index contributed by atoms with van der Waals surface area (Å²) in [5.74, 6) is -4.49. The number of benzene rings is 2. The largest absolute Gasteiger partial charge is 0.756 e. The summed E-state index contributed by atoms with van der Waals surface area (Å²) in [4.78, 5) is 35.2.